The van der Waals surface area contributed by atoms with Crippen molar-refractivity contribution in [3.05, 3.63) is 35.9 Å². The fraction of sp³-hybridized carbons (Fsp3) is 0.579. The van der Waals surface area contributed by atoms with Gasteiger partial charge in [0.25, 0.3) is 0 Å². The fourth-order valence-corrected chi connectivity index (χ4v) is 3.91. The lowest BCUT2D eigenvalue weighted by Gasteiger charge is -2.21. The van der Waals surface area contributed by atoms with Crippen LogP contribution in [0.3, 0.4) is 0 Å². The number of carbonyl (C=O) groups is 2. The monoisotopic (exact) mass is 436 g/mol. The molecule has 1 heterocycles. The van der Waals surface area contributed by atoms with Crippen molar-refractivity contribution in [3.63, 3.8) is 0 Å². The van der Waals surface area contributed by atoms with Crippen LogP contribution in [0.2, 0.25) is 0 Å². The molecule has 1 aliphatic rings. The highest BCUT2D eigenvalue weighted by atomic mass is 32.2. The molecule has 0 aromatic heterocycles. The maximum Gasteiger partial charge on any atom is 0.490 e. The van der Waals surface area contributed by atoms with Gasteiger partial charge in [-0.2, -0.15) is 13.2 Å². The number of carbonyl (C=O) groups excluding carboxylic acids is 1. The van der Waals surface area contributed by atoms with E-state index in [4.69, 9.17) is 15.6 Å². The van der Waals surface area contributed by atoms with Gasteiger partial charge >= 0.3 is 12.1 Å². The Hall–Kier alpha value is -1.78. The van der Waals surface area contributed by atoms with Crippen molar-refractivity contribution in [2.45, 2.75) is 49.6 Å². The summed E-state index contributed by atoms with van der Waals surface area (Å²) in [6.45, 7) is 5.11. The Bertz CT molecular complexity index is 659. The van der Waals surface area contributed by atoms with Crippen LogP contribution >= 0.6 is 11.8 Å². The van der Waals surface area contributed by atoms with Crippen LogP contribution in [-0.2, 0) is 15.3 Å². The fourth-order valence-electron chi connectivity index (χ4n) is 2.72. The van der Waals surface area contributed by atoms with Crippen LogP contribution in [0.15, 0.2) is 30.3 Å². The minimum Gasteiger partial charge on any atom is -0.475 e. The molecule has 0 spiro atoms. The number of nitrogens with two attached hydrogens (primary N) is 1. The molecule has 0 aliphatic carbocycles. The summed E-state index contributed by atoms with van der Waals surface area (Å²) in [5, 5.41) is 17.4. The summed E-state index contributed by atoms with van der Waals surface area (Å²) < 4.78 is 31.7. The maximum absolute atomic E-state index is 12.3. The average Bonchev–Trinajstić information content (AvgIpc) is 3.00. The molecule has 0 bridgehead atoms. The molecule has 1 saturated heterocycles. The Labute approximate surface area is 172 Å². The van der Waals surface area contributed by atoms with Crippen LogP contribution in [0.25, 0.3) is 0 Å². The number of alkyl halides is 3. The maximum atomic E-state index is 12.3. The summed E-state index contributed by atoms with van der Waals surface area (Å²) in [5.74, 6) is -1.54. The lowest BCUT2D eigenvalue weighted by atomic mass is 10.0. The third-order valence-electron chi connectivity index (χ3n) is 4.14. The van der Waals surface area contributed by atoms with Crippen LogP contribution in [-0.4, -0.2) is 63.7 Å². The van der Waals surface area contributed by atoms with E-state index < -0.39 is 24.3 Å². The Morgan fingerprint density at radius 1 is 1.24 bits per heavy atom. The molecule has 164 valence electrons. The van der Waals surface area contributed by atoms with Crippen LogP contribution in [0.4, 0.5) is 13.2 Å². The molecule has 0 saturated carbocycles. The first-order valence-electron chi connectivity index (χ1n) is 9.09. The summed E-state index contributed by atoms with van der Waals surface area (Å²) >= 11 is 1.71. The Morgan fingerprint density at radius 2 is 1.79 bits per heavy atom. The van der Waals surface area contributed by atoms with E-state index in [1.165, 1.54) is 5.56 Å². The molecule has 10 heteroatoms. The van der Waals surface area contributed by atoms with Crippen molar-refractivity contribution in [2.75, 3.05) is 13.1 Å². The van der Waals surface area contributed by atoms with E-state index in [-0.39, 0.29) is 11.2 Å². The van der Waals surface area contributed by atoms with Gasteiger partial charge in [0.15, 0.2) is 0 Å². The molecule has 1 fully saturated rings. The second-order valence-corrected chi connectivity index (χ2v) is 8.41. The molecule has 1 aromatic carbocycles. The van der Waals surface area contributed by atoms with Gasteiger partial charge in [-0.1, -0.05) is 44.2 Å². The summed E-state index contributed by atoms with van der Waals surface area (Å²) in [6, 6.07) is 9.73. The third-order valence-corrected chi connectivity index (χ3v) is 5.53. The minimum atomic E-state index is -5.08. The van der Waals surface area contributed by atoms with Crippen LogP contribution in [0.5, 0.6) is 0 Å². The first-order valence-corrected chi connectivity index (χ1v) is 10.1. The largest absolute Gasteiger partial charge is 0.490 e. The molecule has 2 rings (SSSR count). The molecule has 3 atom stereocenters. The summed E-state index contributed by atoms with van der Waals surface area (Å²) in [7, 11) is 0. The molecule has 1 aromatic rings. The molecule has 1 amide bonds. The van der Waals surface area contributed by atoms with Crippen molar-refractivity contribution in [1.29, 1.82) is 0 Å². The minimum absolute atomic E-state index is 0.0319. The number of carboxylic acid groups (broad SMARTS) is 1. The number of benzene rings is 1. The lowest BCUT2D eigenvalue weighted by molar-refractivity contribution is -0.192. The van der Waals surface area contributed by atoms with Gasteiger partial charge < -0.3 is 20.8 Å². The van der Waals surface area contributed by atoms with Gasteiger partial charge in [0.05, 0.1) is 17.4 Å². The van der Waals surface area contributed by atoms with Gasteiger partial charge in [-0.15, -0.1) is 11.8 Å². The van der Waals surface area contributed by atoms with Gasteiger partial charge in [0, 0.05) is 18.8 Å². The number of aliphatic carboxylic acids is 1. The molecule has 0 radical (unpaired) electrons. The average molecular weight is 436 g/mol. The second-order valence-electron chi connectivity index (χ2n) is 7.18. The zero-order valence-electron chi connectivity index (χ0n) is 16.3. The number of aliphatic hydroxyl groups is 1. The van der Waals surface area contributed by atoms with Crippen LogP contribution in [0.1, 0.15) is 25.8 Å². The quantitative estimate of drug-likeness (QED) is 0.633. The molecule has 2 unspecified atom stereocenters. The molecular formula is C19H27F3N2O4S. The van der Waals surface area contributed by atoms with Gasteiger partial charge in [-0.25, -0.2) is 4.79 Å². The summed E-state index contributed by atoms with van der Waals surface area (Å²) in [5.41, 5.74) is 7.21. The van der Waals surface area contributed by atoms with Crippen molar-refractivity contribution in [2.24, 2.45) is 11.7 Å². The van der Waals surface area contributed by atoms with Gasteiger partial charge in [0.2, 0.25) is 5.91 Å². The number of β-amino-alcohol motifs (C(OH)–C–C–N with tert-alkyl or cyclic N) is 1. The number of aliphatic hydroxyl groups excluding tert-OH is 1. The van der Waals surface area contributed by atoms with E-state index in [0.29, 0.717) is 25.4 Å². The highest BCUT2D eigenvalue weighted by Gasteiger charge is 2.38. The van der Waals surface area contributed by atoms with Crippen LogP contribution < -0.4 is 5.73 Å². The zero-order chi connectivity index (χ0) is 22.2. The number of rotatable bonds is 6. The number of hydrogen-bond acceptors (Lipinski definition) is 5. The number of nitrogens with zero attached hydrogens (tertiary/aromatic N) is 1. The Balaban J connectivity index is 0.000000516. The first-order chi connectivity index (χ1) is 13.4. The molecule has 29 heavy (non-hydrogen) atoms. The first kappa shape index (κ1) is 25.3. The van der Waals surface area contributed by atoms with E-state index in [1.807, 2.05) is 18.2 Å². The predicted molar refractivity (Wildman–Crippen MR) is 105 cm³/mol. The summed E-state index contributed by atoms with van der Waals surface area (Å²) in [4.78, 5) is 22.9. The highest BCUT2D eigenvalue weighted by Crippen LogP contribution is 2.27. The van der Waals surface area contributed by atoms with Crippen molar-refractivity contribution in [3.8, 4) is 0 Å². The van der Waals surface area contributed by atoms with E-state index >= 15 is 0 Å². The number of thioether (sulfide) groups is 1. The third kappa shape index (κ3) is 9.05. The van der Waals surface area contributed by atoms with Gasteiger partial charge in [-0.05, 0) is 17.9 Å². The number of likely N-dealkylation sites (tertiary alicyclic amines) is 1. The predicted octanol–water partition coefficient (Wildman–Crippen LogP) is 2.50. The van der Waals surface area contributed by atoms with Gasteiger partial charge in [-0.3, -0.25) is 4.79 Å². The number of amides is 1. The number of hydrogen-bond donors (Lipinski definition) is 3. The van der Waals surface area contributed by atoms with E-state index in [0.717, 1.165) is 5.75 Å². The SMILES string of the molecule is CC(C)C[C@H](N)C(=O)N1CC(O)C(SCc2ccccc2)C1.O=C(O)C(F)(F)F. The molecule has 4 N–H and O–H groups in total. The Morgan fingerprint density at radius 3 is 2.28 bits per heavy atom. The van der Waals surface area contributed by atoms with Crippen molar-refractivity contribution < 1.29 is 33.0 Å². The Kier molecular flexibility index (Phi) is 9.94. The van der Waals surface area contributed by atoms with Crippen LogP contribution in [0, 0.1) is 5.92 Å². The topological polar surface area (TPSA) is 104 Å². The normalized spacial score (nSPS) is 20.2. The summed E-state index contributed by atoms with van der Waals surface area (Å²) in [6.07, 6.45) is -4.86. The van der Waals surface area contributed by atoms with E-state index in [2.05, 4.69) is 26.0 Å². The molecular weight excluding hydrogens is 409 g/mol. The molecule has 6 nitrogen and oxygen atoms in total. The van der Waals surface area contributed by atoms with E-state index in [9.17, 15) is 23.1 Å². The van der Waals surface area contributed by atoms with Gasteiger partial charge in [0.1, 0.15) is 0 Å². The lowest BCUT2D eigenvalue weighted by Crippen LogP contribution is -2.43. The zero-order valence-corrected chi connectivity index (χ0v) is 17.1. The second kappa shape index (κ2) is 11.4. The highest BCUT2D eigenvalue weighted by molar-refractivity contribution is 7.99. The van der Waals surface area contributed by atoms with E-state index in [1.54, 1.807) is 16.7 Å². The van der Waals surface area contributed by atoms with Crippen molar-refractivity contribution >= 4 is 23.6 Å². The standard InChI is InChI=1S/C17H26N2O2S.C2HF3O2/c1-12(2)8-14(18)17(21)19-9-15(20)16(10-19)22-11-13-6-4-3-5-7-13;3-2(4,5)1(6)7/h3-7,12,14-16,20H,8-11,18H2,1-2H3;(H,6,7)/t14-,15?,16?;/m0./s1. The number of halogens is 3. The smallest absolute Gasteiger partial charge is 0.475 e. The molecule has 1 aliphatic heterocycles. The van der Waals surface area contributed by atoms with Crippen molar-refractivity contribution in [1.82, 2.24) is 4.90 Å². The number of carboxylic acids is 1.